The van der Waals surface area contributed by atoms with Gasteiger partial charge in [-0.1, -0.05) is 71.8 Å². The Hall–Kier alpha value is -2.10. The Kier molecular flexibility index (Phi) is 9.10. The summed E-state index contributed by atoms with van der Waals surface area (Å²) in [5.74, 6) is -1.66. The fourth-order valence-electron chi connectivity index (χ4n) is 6.50. The van der Waals surface area contributed by atoms with Crippen molar-refractivity contribution in [3.63, 3.8) is 0 Å². The average Bonchev–Trinajstić information content (AvgIpc) is 3.50. The maximum Gasteiger partial charge on any atom is 0.247 e. The number of hydrogen-bond acceptors (Lipinski definition) is 5. The maximum atomic E-state index is 14.5. The van der Waals surface area contributed by atoms with E-state index in [1.54, 1.807) is 45.7 Å². The largest absolute Gasteiger partial charge is 0.394 e. The number of likely N-dealkylation sites (tertiary alicyclic amines) is 1. The molecule has 1 spiro atoms. The van der Waals surface area contributed by atoms with Crippen molar-refractivity contribution in [3.05, 3.63) is 61.2 Å². The highest BCUT2D eigenvalue weighted by atomic mass is 79.9. The summed E-state index contributed by atoms with van der Waals surface area (Å²) in [5, 5.41) is 10.5. The molecule has 3 saturated heterocycles. The molecule has 3 heterocycles. The van der Waals surface area contributed by atoms with Crippen LogP contribution in [0.1, 0.15) is 37.8 Å². The number of nitrogens with zero attached hydrogens (tertiary/aromatic N) is 3. The highest BCUT2D eigenvalue weighted by molar-refractivity contribution is 9.09. The number of fused-ring (bicyclic) bond motifs is 1. The van der Waals surface area contributed by atoms with Crippen LogP contribution in [-0.4, -0.2) is 91.7 Å². The van der Waals surface area contributed by atoms with Crippen molar-refractivity contribution in [1.82, 2.24) is 14.7 Å². The molecule has 38 heavy (non-hydrogen) atoms. The molecule has 9 heteroatoms. The third-order valence-electron chi connectivity index (χ3n) is 8.16. The van der Waals surface area contributed by atoms with Gasteiger partial charge in [-0.15, -0.1) is 24.9 Å². The van der Waals surface area contributed by atoms with E-state index in [-0.39, 0.29) is 34.4 Å². The topological polar surface area (TPSA) is 81.2 Å². The van der Waals surface area contributed by atoms with E-state index in [2.05, 4.69) is 36.0 Å². The van der Waals surface area contributed by atoms with E-state index in [0.29, 0.717) is 26.1 Å². The van der Waals surface area contributed by atoms with Gasteiger partial charge in [0.15, 0.2) is 0 Å². The summed E-state index contributed by atoms with van der Waals surface area (Å²) in [4.78, 5) is 47.7. The minimum Gasteiger partial charge on any atom is -0.394 e. The number of unbranched alkanes of at least 4 members (excludes halogenated alkanes) is 1. The number of alkyl halides is 1. The van der Waals surface area contributed by atoms with Gasteiger partial charge in [-0.05, 0) is 18.4 Å². The van der Waals surface area contributed by atoms with Gasteiger partial charge in [-0.25, -0.2) is 0 Å². The second-order valence-electron chi connectivity index (χ2n) is 10.5. The number of benzene rings is 1. The van der Waals surface area contributed by atoms with Crippen LogP contribution in [0.5, 0.6) is 0 Å². The molecule has 7 atom stereocenters. The first kappa shape index (κ1) is 28.9. The zero-order chi connectivity index (χ0) is 27.6. The van der Waals surface area contributed by atoms with Crippen LogP contribution in [0, 0.1) is 11.8 Å². The standard InChI is InChI=1S/C29H38BrN3O4S/c1-5-8-16-32(15-7-3)28(37)25-29-17-20(30)24(38-29)22(26(35)31(4)14-6-2)23(29)27(36)33(25)21(18-34)19-12-10-9-11-13-19/h6-7,9-13,20-25,34H,2-3,5,8,14-18H2,1,4H3/t20?,21-,22+,23+,24+,25?,29?/m1/s1. The van der Waals surface area contributed by atoms with Gasteiger partial charge in [0, 0.05) is 36.8 Å². The summed E-state index contributed by atoms with van der Waals surface area (Å²) in [5.41, 5.74) is 0.767. The van der Waals surface area contributed by atoms with Crippen LogP contribution in [0.25, 0.3) is 0 Å². The third-order valence-corrected chi connectivity index (χ3v) is 11.4. The fourth-order valence-corrected chi connectivity index (χ4v) is 10.1. The van der Waals surface area contributed by atoms with Crippen LogP contribution in [0.3, 0.4) is 0 Å². The van der Waals surface area contributed by atoms with E-state index >= 15 is 0 Å². The Bertz CT molecular complexity index is 1070. The Morgan fingerprint density at radius 2 is 1.92 bits per heavy atom. The van der Waals surface area contributed by atoms with Crippen molar-refractivity contribution in [1.29, 1.82) is 0 Å². The summed E-state index contributed by atoms with van der Waals surface area (Å²) in [6, 6.07) is 7.87. The van der Waals surface area contributed by atoms with Gasteiger partial charge in [0.1, 0.15) is 6.04 Å². The second kappa shape index (κ2) is 12.0. The molecule has 4 rings (SSSR count). The zero-order valence-electron chi connectivity index (χ0n) is 22.2. The van der Waals surface area contributed by atoms with Crippen LogP contribution in [-0.2, 0) is 14.4 Å². The molecular formula is C29H38BrN3O4S. The molecule has 3 aliphatic rings. The van der Waals surface area contributed by atoms with Crippen molar-refractivity contribution in [2.75, 3.05) is 33.3 Å². The molecule has 1 N–H and O–H groups in total. The number of halogens is 1. The normalized spacial score (nSPS) is 30.2. The van der Waals surface area contributed by atoms with Crippen LogP contribution < -0.4 is 0 Å². The molecule has 3 aliphatic heterocycles. The molecule has 3 unspecified atom stereocenters. The molecule has 7 nitrogen and oxygen atoms in total. The first-order chi connectivity index (χ1) is 18.3. The number of carbonyl (C=O) groups is 3. The van der Waals surface area contributed by atoms with Gasteiger partial charge >= 0.3 is 0 Å². The number of rotatable bonds is 12. The van der Waals surface area contributed by atoms with Crippen LogP contribution in [0.15, 0.2) is 55.6 Å². The summed E-state index contributed by atoms with van der Waals surface area (Å²) in [6.45, 7) is 10.7. The number of likely N-dealkylation sites (N-methyl/N-ethyl adjacent to an activating group) is 1. The molecule has 206 valence electrons. The van der Waals surface area contributed by atoms with E-state index in [4.69, 9.17) is 0 Å². The summed E-state index contributed by atoms with van der Waals surface area (Å²) in [7, 11) is 1.73. The predicted molar refractivity (Wildman–Crippen MR) is 155 cm³/mol. The lowest BCUT2D eigenvalue weighted by molar-refractivity contribution is -0.147. The minimum absolute atomic E-state index is 0.00863. The molecule has 0 aromatic heterocycles. The lowest BCUT2D eigenvalue weighted by atomic mass is 9.70. The van der Waals surface area contributed by atoms with Crippen molar-refractivity contribution in [3.8, 4) is 0 Å². The Morgan fingerprint density at radius 3 is 2.53 bits per heavy atom. The lowest BCUT2D eigenvalue weighted by Crippen LogP contribution is -2.56. The molecule has 0 radical (unpaired) electrons. The second-order valence-corrected chi connectivity index (χ2v) is 13.2. The Labute approximate surface area is 238 Å². The number of aliphatic hydroxyl groups is 1. The van der Waals surface area contributed by atoms with Gasteiger partial charge in [-0.3, -0.25) is 14.4 Å². The van der Waals surface area contributed by atoms with Gasteiger partial charge in [-0.2, -0.15) is 0 Å². The molecule has 2 bridgehead atoms. The van der Waals surface area contributed by atoms with Gasteiger partial charge < -0.3 is 19.8 Å². The van der Waals surface area contributed by atoms with E-state index in [1.165, 1.54) is 0 Å². The summed E-state index contributed by atoms with van der Waals surface area (Å²) >= 11 is 5.43. The van der Waals surface area contributed by atoms with Gasteiger partial charge in [0.05, 0.1) is 29.2 Å². The Morgan fingerprint density at radius 1 is 1.24 bits per heavy atom. The van der Waals surface area contributed by atoms with E-state index < -0.39 is 28.7 Å². The minimum atomic E-state index is -0.799. The monoisotopic (exact) mass is 603 g/mol. The molecule has 0 saturated carbocycles. The quantitative estimate of drug-likeness (QED) is 0.291. The van der Waals surface area contributed by atoms with Crippen molar-refractivity contribution < 1.29 is 19.5 Å². The number of carbonyl (C=O) groups excluding carboxylic acids is 3. The SMILES string of the molecule is C=CCN(C)C(=O)[C@H]1[C@H]2C(=O)N([C@H](CO)c3ccccc3)C(C(=O)N(CC=C)CCCC)C23CC(Br)[C@@H]1S3. The fraction of sp³-hybridized carbons (Fsp3) is 0.552. The molecule has 1 aromatic carbocycles. The highest BCUT2D eigenvalue weighted by Gasteiger charge is 2.76. The van der Waals surface area contributed by atoms with Crippen molar-refractivity contribution >= 4 is 45.4 Å². The summed E-state index contributed by atoms with van der Waals surface area (Å²) < 4.78 is -0.768. The van der Waals surface area contributed by atoms with E-state index in [0.717, 1.165) is 18.4 Å². The van der Waals surface area contributed by atoms with Gasteiger partial charge in [0.2, 0.25) is 17.7 Å². The van der Waals surface area contributed by atoms with E-state index in [9.17, 15) is 19.5 Å². The summed E-state index contributed by atoms with van der Waals surface area (Å²) in [6.07, 6.45) is 5.75. The number of amides is 3. The Balaban J connectivity index is 1.84. The van der Waals surface area contributed by atoms with Crippen molar-refractivity contribution in [2.24, 2.45) is 11.8 Å². The number of aliphatic hydroxyl groups excluding tert-OH is 1. The lowest BCUT2D eigenvalue weighted by Gasteiger charge is -2.40. The number of thioether (sulfide) groups is 1. The van der Waals surface area contributed by atoms with Crippen molar-refractivity contribution in [2.45, 2.75) is 53.1 Å². The third kappa shape index (κ3) is 4.75. The number of hydrogen-bond donors (Lipinski definition) is 1. The van der Waals surface area contributed by atoms with Crippen LogP contribution in [0.4, 0.5) is 0 Å². The van der Waals surface area contributed by atoms with E-state index in [1.807, 2.05) is 30.3 Å². The highest BCUT2D eigenvalue weighted by Crippen LogP contribution is 2.68. The smallest absolute Gasteiger partial charge is 0.247 e. The van der Waals surface area contributed by atoms with Crippen LogP contribution >= 0.6 is 27.7 Å². The van der Waals surface area contributed by atoms with Crippen LogP contribution in [0.2, 0.25) is 0 Å². The molecule has 3 fully saturated rings. The molecule has 1 aromatic rings. The van der Waals surface area contributed by atoms with Gasteiger partial charge in [0.25, 0.3) is 0 Å². The first-order valence-corrected chi connectivity index (χ1v) is 15.1. The zero-order valence-corrected chi connectivity index (χ0v) is 24.6. The predicted octanol–water partition coefficient (Wildman–Crippen LogP) is 3.64. The first-order valence-electron chi connectivity index (χ1n) is 13.3. The molecular weight excluding hydrogens is 566 g/mol. The maximum absolute atomic E-state index is 14.5. The average molecular weight is 605 g/mol. The molecule has 0 aliphatic carbocycles. The molecule has 3 amide bonds.